The van der Waals surface area contributed by atoms with Crippen LogP contribution >= 0.6 is 11.8 Å². The van der Waals surface area contributed by atoms with Crippen molar-refractivity contribution in [3.05, 3.63) is 11.6 Å². The first-order valence-electron chi connectivity index (χ1n) is 4.33. The number of aromatic amines is 1. The van der Waals surface area contributed by atoms with Gasteiger partial charge in [0.1, 0.15) is 5.82 Å². The molecule has 0 aromatic carbocycles. The summed E-state index contributed by atoms with van der Waals surface area (Å²) in [7, 11) is 0. The highest BCUT2D eigenvalue weighted by Crippen LogP contribution is 2.02. The molecule has 0 bridgehead atoms. The van der Waals surface area contributed by atoms with Gasteiger partial charge in [-0.1, -0.05) is 6.92 Å². The van der Waals surface area contributed by atoms with Crippen LogP contribution in [-0.2, 0) is 0 Å². The van der Waals surface area contributed by atoms with Crippen LogP contribution < -0.4 is 5.32 Å². The van der Waals surface area contributed by atoms with Gasteiger partial charge < -0.3 is 5.32 Å². The predicted octanol–water partition coefficient (Wildman–Crippen LogP) is 0.594. The molecule has 5 nitrogen and oxygen atoms in total. The first kappa shape index (κ1) is 11.0. The normalized spacial score (nSPS) is 12.5. The van der Waals surface area contributed by atoms with Gasteiger partial charge in [0.15, 0.2) is 0 Å². The van der Waals surface area contributed by atoms with Gasteiger partial charge in [0, 0.05) is 11.8 Å². The lowest BCUT2D eigenvalue weighted by Gasteiger charge is -2.07. The van der Waals surface area contributed by atoms with Gasteiger partial charge in [0.2, 0.25) is 5.82 Å². The van der Waals surface area contributed by atoms with Crippen molar-refractivity contribution in [2.75, 3.05) is 12.8 Å². The zero-order valence-corrected chi connectivity index (χ0v) is 9.31. The summed E-state index contributed by atoms with van der Waals surface area (Å²) in [6, 6.07) is 0. The van der Waals surface area contributed by atoms with E-state index < -0.39 is 0 Å². The van der Waals surface area contributed by atoms with E-state index in [2.05, 4.69) is 20.5 Å². The lowest BCUT2D eigenvalue weighted by Crippen LogP contribution is -2.30. The molecule has 0 aliphatic rings. The molecule has 0 radical (unpaired) electrons. The smallest absolute Gasteiger partial charge is 0.290 e. The number of nitrogens with zero attached hydrogens (tertiary/aromatic N) is 2. The van der Waals surface area contributed by atoms with E-state index in [0.717, 1.165) is 0 Å². The lowest BCUT2D eigenvalue weighted by atomic mass is 10.4. The van der Waals surface area contributed by atoms with Crippen LogP contribution in [0, 0.1) is 6.92 Å². The Balaban J connectivity index is 2.43. The molecule has 2 N–H and O–H groups in total. The minimum absolute atomic E-state index is 0.204. The molecule has 1 rings (SSSR count). The van der Waals surface area contributed by atoms with Crippen molar-refractivity contribution in [2.45, 2.75) is 19.1 Å². The Morgan fingerprint density at radius 2 is 2.43 bits per heavy atom. The highest BCUT2D eigenvalue weighted by atomic mass is 32.2. The SMILES string of the molecule is CSC(C)CNC(=O)c1n[nH]c(C)n1. The van der Waals surface area contributed by atoms with Gasteiger partial charge in [-0.3, -0.25) is 9.89 Å². The van der Waals surface area contributed by atoms with E-state index in [1.165, 1.54) is 0 Å². The van der Waals surface area contributed by atoms with Crippen molar-refractivity contribution in [1.82, 2.24) is 20.5 Å². The van der Waals surface area contributed by atoms with E-state index in [1.807, 2.05) is 13.2 Å². The van der Waals surface area contributed by atoms with Crippen LogP contribution in [0.2, 0.25) is 0 Å². The number of aryl methyl sites for hydroxylation is 1. The molecule has 14 heavy (non-hydrogen) atoms. The Hall–Kier alpha value is -1.04. The standard InChI is InChI=1S/C8H14N4OS/c1-5(14-3)4-9-8(13)7-10-6(2)11-12-7/h5H,4H2,1-3H3,(H,9,13)(H,10,11,12). The second kappa shape index (κ2) is 4.99. The molecule has 1 unspecified atom stereocenters. The molecule has 0 aliphatic carbocycles. The van der Waals surface area contributed by atoms with Gasteiger partial charge in [0.25, 0.3) is 5.91 Å². The molecule has 78 valence electrons. The summed E-state index contributed by atoms with van der Waals surface area (Å²) >= 11 is 1.70. The molecule has 1 heterocycles. The third kappa shape index (κ3) is 3.02. The number of nitrogens with one attached hydrogen (secondary N) is 2. The van der Waals surface area contributed by atoms with Gasteiger partial charge >= 0.3 is 0 Å². The zero-order valence-electron chi connectivity index (χ0n) is 8.50. The maximum atomic E-state index is 11.4. The van der Waals surface area contributed by atoms with Gasteiger partial charge in [-0.25, -0.2) is 4.98 Å². The van der Waals surface area contributed by atoms with Gasteiger partial charge in [-0.2, -0.15) is 11.8 Å². The van der Waals surface area contributed by atoms with E-state index in [0.29, 0.717) is 17.6 Å². The minimum Gasteiger partial charge on any atom is -0.348 e. The van der Waals surface area contributed by atoms with Crippen LogP contribution in [0.3, 0.4) is 0 Å². The number of amides is 1. The number of carbonyl (C=O) groups is 1. The summed E-state index contributed by atoms with van der Waals surface area (Å²) < 4.78 is 0. The quantitative estimate of drug-likeness (QED) is 0.769. The lowest BCUT2D eigenvalue weighted by molar-refractivity contribution is 0.0944. The van der Waals surface area contributed by atoms with Crippen LogP contribution in [0.4, 0.5) is 0 Å². The Kier molecular flexibility index (Phi) is 3.94. The average Bonchev–Trinajstić information content (AvgIpc) is 2.60. The first-order valence-corrected chi connectivity index (χ1v) is 5.62. The Morgan fingerprint density at radius 1 is 1.71 bits per heavy atom. The molecule has 0 spiro atoms. The van der Waals surface area contributed by atoms with Crippen LogP contribution in [0.1, 0.15) is 23.4 Å². The van der Waals surface area contributed by atoms with E-state index in [9.17, 15) is 4.79 Å². The second-order valence-electron chi connectivity index (χ2n) is 3.00. The monoisotopic (exact) mass is 214 g/mol. The maximum absolute atomic E-state index is 11.4. The Bertz CT molecular complexity index is 312. The molecular formula is C8H14N4OS. The van der Waals surface area contributed by atoms with E-state index in [4.69, 9.17) is 0 Å². The van der Waals surface area contributed by atoms with Crippen molar-refractivity contribution in [1.29, 1.82) is 0 Å². The summed E-state index contributed by atoms with van der Waals surface area (Å²) in [5.74, 6) is 0.624. The van der Waals surface area contributed by atoms with Crippen LogP contribution in [0.5, 0.6) is 0 Å². The van der Waals surface area contributed by atoms with E-state index >= 15 is 0 Å². The summed E-state index contributed by atoms with van der Waals surface area (Å²) in [6.07, 6.45) is 2.01. The van der Waals surface area contributed by atoms with Crippen LogP contribution in [0.25, 0.3) is 0 Å². The van der Waals surface area contributed by atoms with Crippen molar-refractivity contribution in [3.8, 4) is 0 Å². The van der Waals surface area contributed by atoms with Crippen LogP contribution in [-0.4, -0.2) is 39.1 Å². The fraction of sp³-hybridized carbons (Fsp3) is 0.625. The third-order valence-electron chi connectivity index (χ3n) is 1.75. The molecule has 0 fully saturated rings. The fourth-order valence-electron chi connectivity index (χ4n) is 0.843. The second-order valence-corrected chi connectivity index (χ2v) is 4.28. The maximum Gasteiger partial charge on any atom is 0.290 e. The van der Waals surface area contributed by atoms with Crippen molar-refractivity contribution in [3.63, 3.8) is 0 Å². The van der Waals surface area contributed by atoms with Crippen LogP contribution in [0.15, 0.2) is 0 Å². The molecule has 0 aliphatic heterocycles. The largest absolute Gasteiger partial charge is 0.348 e. The number of hydrogen-bond donors (Lipinski definition) is 2. The van der Waals surface area contributed by atoms with E-state index in [1.54, 1.807) is 18.7 Å². The molecule has 1 aromatic rings. The first-order chi connectivity index (χ1) is 6.63. The highest BCUT2D eigenvalue weighted by molar-refractivity contribution is 7.99. The molecule has 1 atom stereocenters. The molecule has 0 saturated carbocycles. The summed E-state index contributed by atoms with van der Waals surface area (Å²) in [5.41, 5.74) is 0. The number of carbonyl (C=O) groups excluding carboxylic acids is 1. The number of hydrogen-bond acceptors (Lipinski definition) is 4. The minimum atomic E-state index is -0.227. The van der Waals surface area contributed by atoms with Gasteiger partial charge in [0.05, 0.1) is 0 Å². The zero-order chi connectivity index (χ0) is 10.6. The topological polar surface area (TPSA) is 70.7 Å². The molecule has 1 amide bonds. The highest BCUT2D eigenvalue weighted by Gasteiger charge is 2.11. The molecule has 1 aromatic heterocycles. The van der Waals surface area contributed by atoms with Crippen molar-refractivity contribution in [2.24, 2.45) is 0 Å². The molecular weight excluding hydrogens is 200 g/mol. The predicted molar refractivity (Wildman–Crippen MR) is 56.4 cm³/mol. The summed E-state index contributed by atoms with van der Waals surface area (Å²) in [4.78, 5) is 15.3. The summed E-state index contributed by atoms with van der Waals surface area (Å²) in [6.45, 7) is 4.44. The fourth-order valence-corrected chi connectivity index (χ4v) is 1.09. The number of H-pyrrole nitrogens is 1. The summed E-state index contributed by atoms with van der Waals surface area (Å²) in [5, 5.41) is 9.55. The van der Waals surface area contributed by atoms with Gasteiger partial charge in [-0.15, -0.1) is 5.10 Å². The van der Waals surface area contributed by atoms with Crippen molar-refractivity contribution >= 4 is 17.7 Å². The number of rotatable bonds is 4. The van der Waals surface area contributed by atoms with E-state index in [-0.39, 0.29) is 11.7 Å². The number of aromatic nitrogens is 3. The number of thioether (sulfide) groups is 1. The van der Waals surface area contributed by atoms with Crippen molar-refractivity contribution < 1.29 is 4.79 Å². The Morgan fingerprint density at radius 3 is 2.93 bits per heavy atom. The molecule has 6 heteroatoms. The molecule has 0 saturated heterocycles. The third-order valence-corrected chi connectivity index (χ3v) is 2.72. The Labute approximate surface area is 87.1 Å². The van der Waals surface area contributed by atoms with Gasteiger partial charge in [-0.05, 0) is 13.2 Å². The average molecular weight is 214 g/mol.